The molecule has 1 saturated heterocycles. The van der Waals surface area contributed by atoms with E-state index in [1.165, 1.54) is 16.7 Å². The van der Waals surface area contributed by atoms with Crippen molar-refractivity contribution in [2.75, 3.05) is 53.0 Å². The van der Waals surface area contributed by atoms with Crippen LogP contribution in [-0.2, 0) is 27.3 Å². The third-order valence-corrected chi connectivity index (χ3v) is 8.74. The first-order chi connectivity index (χ1) is 19.3. The SMILES string of the molecule is CCC1Cc2ccc(C3=CCN(C(=O)CN4CCOCC4)CC3)cc2C1N(C)C(=O)OCc1cc(Cl)cc(Cl)c1. The van der Waals surface area contributed by atoms with Crippen LogP contribution in [-0.4, -0.2) is 79.7 Å². The Morgan fingerprint density at radius 3 is 2.50 bits per heavy atom. The normalized spacial score (nSPS) is 21.1. The summed E-state index contributed by atoms with van der Waals surface area (Å²) < 4.78 is 11.1. The average Bonchev–Trinajstić information content (AvgIpc) is 3.33. The molecule has 0 radical (unpaired) electrons. The number of carbonyl (C=O) groups is 2. The summed E-state index contributed by atoms with van der Waals surface area (Å²) in [6.07, 6.45) is 4.51. The van der Waals surface area contributed by atoms with Gasteiger partial charge in [0.05, 0.1) is 25.8 Å². The summed E-state index contributed by atoms with van der Waals surface area (Å²) in [4.78, 5) is 31.8. The summed E-state index contributed by atoms with van der Waals surface area (Å²) >= 11 is 12.2. The molecule has 3 aliphatic rings. The molecule has 0 aromatic heterocycles. The second-order valence-corrected chi connectivity index (χ2v) is 11.8. The molecule has 0 bridgehead atoms. The number of rotatable bonds is 7. The second-order valence-electron chi connectivity index (χ2n) is 10.9. The maximum atomic E-state index is 13.2. The minimum absolute atomic E-state index is 0.0637. The lowest BCUT2D eigenvalue weighted by Crippen LogP contribution is -2.45. The van der Waals surface area contributed by atoms with Crippen molar-refractivity contribution in [3.8, 4) is 0 Å². The molecule has 2 aromatic rings. The Labute approximate surface area is 246 Å². The summed E-state index contributed by atoms with van der Waals surface area (Å²) in [6, 6.07) is 11.7. The number of morpholine rings is 1. The Morgan fingerprint density at radius 1 is 1.07 bits per heavy atom. The lowest BCUT2D eigenvalue weighted by atomic mass is 9.93. The van der Waals surface area contributed by atoms with Crippen molar-refractivity contribution in [1.82, 2.24) is 14.7 Å². The van der Waals surface area contributed by atoms with Gasteiger partial charge in [-0.2, -0.15) is 0 Å². The van der Waals surface area contributed by atoms with Gasteiger partial charge in [-0.05, 0) is 70.9 Å². The van der Waals surface area contributed by atoms with Gasteiger partial charge in [0.2, 0.25) is 5.91 Å². The molecule has 7 nitrogen and oxygen atoms in total. The van der Waals surface area contributed by atoms with E-state index in [2.05, 4.69) is 36.1 Å². The van der Waals surface area contributed by atoms with Crippen molar-refractivity contribution in [1.29, 1.82) is 0 Å². The zero-order valence-electron chi connectivity index (χ0n) is 23.2. The van der Waals surface area contributed by atoms with E-state index in [0.717, 1.165) is 43.5 Å². The van der Waals surface area contributed by atoms with Crippen molar-refractivity contribution in [2.24, 2.45) is 5.92 Å². The Balaban J connectivity index is 1.26. The van der Waals surface area contributed by atoms with E-state index in [9.17, 15) is 9.59 Å². The number of nitrogens with zero attached hydrogens (tertiary/aromatic N) is 3. The number of benzene rings is 2. The Kier molecular flexibility index (Phi) is 9.36. The van der Waals surface area contributed by atoms with Gasteiger partial charge in [0.15, 0.2) is 0 Å². The fourth-order valence-corrected chi connectivity index (χ4v) is 6.63. The smallest absolute Gasteiger partial charge is 0.410 e. The van der Waals surface area contributed by atoms with Gasteiger partial charge in [-0.15, -0.1) is 0 Å². The number of ether oxygens (including phenoxy) is 2. The van der Waals surface area contributed by atoms with Crippen molar-refractivity contribution < 1.29 is 19.1 Å². The van der Waals surface area contributed by atoms with Gasteiger partial charge in [-0.3, -0.25) is 9.69 Å². The van der Waals surface area contributed by atoms with Gasteiger partial charge in [-0.25, -0.2) is 4.79 Å². The molecule has 2 atom stereocenters. The summed E-state index contributed by atoms with van der Waals surface area (Å²) in [5.41, 5.74) is 5.63. The predicted octanol–water partition coefficient (Wildman–Crippen LogP) is 5.83. The predicted molar refractivity (Wildman–Crippen MR) is 158 cm³/mol. The summed E-state index contributed by atoms with van der Waals surface area (Å²) in [5, 5.41) is 1.02. The van der Waals surface area contributed by atoms with Crippen molar-refractivity contribution >= 4 is 40.8 Å². The van der Waals surface area contributed by atoms with Crippen molar-refractivity contribution in [3.63, 3.8) is 0 Å². The molecule has 214 valence electrons. The van der Waals surface area contributed by atoms with Crippen LogP contribution in [0.2, 0.25) is 10.0 Å². The van der Waals surface area contributed by atoms with Gasteiger partial charge >= 0.3 is 6.09 Å². The lowest BCUT2D eigenvalue weighted by Gasteiger charge is -2.31. The average molecular weight is 587 g/mol. The molecular formula is C31H37Cl2N3O4. The second kappa shape index (κ2) is 12.9. The van der Waals surface area contributed by atoms with Gasteiger partial charge in [0, 0.05) is 43.3 Å². The highest BCUT2D eigenvalue weighted by atomic mass is 35.5. The number of fused-ring (bicyclic) bond motifs is 1. The van der Waals surface area contributed by atoms with Crippen LogP contribution < -0.4 is 0 Å². The maximum absolute atomic E-state index is 13.2. The Morgan fingerprint density at radius 2 is 1.82 bits per heavy atom. The first kappa shape index (κ1) is 28.9. The summed E-state index contributed by atoms with van der Waals surface area (Å²) in [7, 11) is 1.82. The van der Waals surface area contributed by atoms with Crippen molar-refractivity contribution in [3.05, 3.63) is 74.8 Å². The molecule has 40 heavy (non-hydrogen) atoms. The topological polar surface area (TPSA) is 62.3 Å². The maximum Gasteiger partial charge on any atom is 0.410 e. The highest BCUT2D eigenvalue weighted by molar-refractivity contribution is 6.34. The third-order valence-electron chi connectivity index (χ3n) is 8.30. The van der Waals surface area contributed by atoms with E-state index < -0.39 is 0 Å². The molecule has 0 spiro atoms. The molecule has 2 aromatic carbocycles. The Hall–Kier alpha value is -2.58. The molecule has 0 saturated carbocycles. The molecule has 1 fully saturated rings. The number of hydrogen-bond acceptors (Lipinski definition) is 5. The van der Waals surface area contributed by atoms with Crippen LogP contribution in [0.1, 0.15) is 48.1 Å². The van der Waals surface area contributed by atoms with E-state index in [4.69, 9.17) is 32.7 Å². The number of halogens is 2. The fourth-order valence-electron chi connectivity index (χ4n) is 6.06. The van der Waals surface area contributed by atoms with Gasteiger partial charge < -0.3 is 19.3 Å². The third kappa shape index (κ3) is 6.65. The molecule has 0 N–H and O–H groups in total. The summed E-state index contributed by atoms with van der Waals surface area (Å²) in [5.74, 6) is 0.495. The first-order valence-corrected chi connectivity index (χ1v) is 14.8. The van der Waals surface area contributed by atoms with E-state index in [1.54, 1.807) is 23.1 Å². The molecule has 9 heteroatoms. The zero-order valence-corrected chi connectivity index (χ0v) is 24.7. The van der Waals surface area contributed by atoms with Crippen LogP contribution in [0.3, 0.4) is 0 Å². The number of carbonyl (C=O) groups excluding carboxylic acids is 2. The van der Waals surface area contributed by atoms with Gasteiger partial charge in [-0.1, -0.05) is 54.8 Å². The number of hydrogen-bond donors (Lipinski definition) is 0. The van der Waals surface area contributed by atoms with E-state index in [1.807, 2.05) is 11.9 Å². The molecule has 5 rings (SSSR count). The van der Waals surface area contributed by atoms with Crippen LogP contribution in [0.5, 0.6) is 0 Å². The Bertz CT molecular complexity index is 1260. The molecule has 2 heterocycles. The minimum Gasteiger partial charge on any atom is -0.445 e. The van der Waals surface area contributed by atoms with Gasteiger partial charge in [0.1, 0.15) is 6.61 Å². The highest BCUT2D eigenvalue weighted by Gasteiger charge is 2.37. The largest absolute Gasteiger partial charge is 0.445 e. The minimum atomic E-state index is -0.371. The molecular weight excluding hydrogens is 549 g/mol. The summed E-state index contributed by atoms with van der Waals surface area (Å²) in [6.45, 7) is 7.08. The molecule has 2 aliphatic heterocycles. The standard InChI is InChI=1S/C31H37Cl2N3O4/c1-3-22-16-25-5-4-24(23-6-8-36(9-7-23)29(37)19-35-10-12-39-13-11-35)17-28(25)30(22)34(2)31(38)40-20-21-14-26(32)18-27(33)15-21/h4-6,14-15,17-18,22,30H,3,7-13,16,19-20H2,1-2H3. The molecule has 1 aliphatic carbocycles. The van der Waals surface area contributed by atoms with E-state index in [0.29, 0.717) is 48.8 Å². The first-order valence-electron chi connectivity index (χ1n) is 14.1. The van der Waals surface area contributed by atoms with E-state index >= 15 is 0 Å². The lowest BCUT2D eigenvalue weighted by molar-refractivity contribution is -0.133. The molecule has 2 amide bonds. The zero-order chi connectivity index (χ0) is 28.2. The highest BCUT2D eigenvalue weighted by Crippen LogP contribution is 2.43. The van der Waals surface area contributed by atoms with E-state index in [-0.39, 0.29) is 24.6 Å². The monoisotopic (exact) mass is 585 g/mol. The fraction of sp³-hybridized carbons (Fsp3) is 0.484. The van der Waals surface area contributed by atoms with Crippen LogP contribution in [0.25, 0.3) is 5.57 Å². The molecule has 2 unspecified atom stereocenters. The quantitative estimate of drug-likeness (QED) is 0.409. The van der Waals surface area contributed by atoms with Crippen molar-refractivity contribution in [2.45, 2.75) is 38.8 Å². The van der Waals surface area contributed by atoms with Crippen LogP contribution in [0, 0.1) is 5.92 Å². The van der Waals surface area contributed by atoms with Gasteiger partial charge in [0.25, 0.3) is 0 Å². The van der Waals surface area contributed by atoms with Crippen LogP contribution in [0.15, 0.2) is 42.5 Å². The number of amides is 2. The van der Waals surface area contributed by atoms with Crippen LogP contribution >= 0.6 is 23.2 Å². The van der Waals surface area contributed by atoms with Crippen LogP contribution in [0.4, 0.5) is 4.79 Å².